The molecule has 3 heteroatoms. The summed E-state index contributed by atoms with van der Waals surface area (Å²) in [7, 11) is 0. The molecule has 94 valence electrons. The molecule has 0 fully saturated rings. The first kappa shape index (κ1) is 12.1. The molecule has 2 aromatic carbocycles. The fourth-order valence-electron chi connectivity index (χ4n) is 2.06. The molecule has 0 aliphatic heterocycles. The van der Waals surface area contributed by atoms with Crippen LogP contribution in [0.3, 0.4) is 0 Å². The normalized spacial score (nSPS) is 10.8. The van der Waals surface area contributed by atoms with Gasteiger partial charge < -0.3 is 0 Å². The first-order valence-electron chi connectivity index (χ1n) is 6.08. The Morgan fingerprint density at radius 3 is 2.58 bits per heavy atom. The minimum absolute atomic E-state index is 0.737. The van der Waals surface area contributed by atoms with Crippen LogP contribution in [0.2, 0.25) is 0 Å². The molecule has 2 nitrogen and oxygen atoms in total. The molecule has 0 saturated heterocycles. The molecule has 0 radical (unpaired) electrons. The zero-order valence-electron chi connectivity index (χ0n) is 10.5. The van der Waals surface area contributed by atoms with E-state index in [2.05, 4.69) is 35.2 Å². The van der Waals surface area contributed by atoms with E-state index in [1.54, 1.807) is 11.9 Å². The molecule has 0 amide bonds. The van der Waals surface area contributed by atoms with E-state index < -0.39 is 0 Å². The summed E-state index contributed by atoms with van der Waals surface area (Å²) in [5.74, 6) is 0. The molecule has 0 spiro atoms. The maximum atomic E-state index is 11.0. The number of rotatable bonds is 3. The molecule has 0 saturated carbocycles. The topological polar surface area (TPSA) is 22.0 Å². The van der Waals surface area contributed by atoms with Crippen molar-refractivity contribution in [3.05, 3.63) is 65.9 Å². The number of hydrogen-bond donors (Lipinski definition) is 0. The number of aromatic nitrogens is 1. The number of aryl methyl sites for hydroxylation is 1. The lowest BCUT2D eigenvalue weighted by Gasteiger charge is -2.05. The molecular formula is C16H13NOS. The van der Waals surface area contributed by atoms with Crippen LogP contribution < -0.4 is 0 Å². The quantitative estimate of drug-likeness (QED) is 0.659. The Balaban J connectivity index is 2.02. The van der Waals surface area contributed by atoms with Gasteiger partial charge in [0.05, 0.1) is 5.52 Å². The summed E-state index contributed by atoms with van der Waals surface area (Å²) in [5, 5.41) is 0.997. The molecule has 19 heavy (non-hydrogen) atoms. The Kier molecular flexibility index (Phi) is 3.13. The summed E-state index contributed by atoms with van der Waals surface area (Å²) in [4.78, 5) is 12.2. The van der Waals surface area contributed by atoms with Crippen molar-refractivity contribution in [1.82, 2.24) is 3.97 Å². The summed E-state index contributed by atoms with van der Waals surface area (Å²) in [6, 6.07) is 16.2. The Labute approximate surface area is 116 Å². The van der Waals surface area contributed by atoms with E-state index >= 15 is 0 Å². The van der Waals surface area contributed by atoms with Crippen molar-refractivity contribution in [1.29, 1.82) is 0 Å². The van der Waals surface area contributed by atoms with E-state index in [1.807, 2.05) is 30.5 Å². The molecule has 0 N–H and O–H groups in total. The summed E-state index contributed by atoms with van der Waals surface area (Å²) in [5.41, 5.74) is 3.06. The zero-order valence-corrected chi connectivity index (χ0v) is 11.4. The fraction of sp³-hybridized carbons (Fsp3) is 0.0625. The fourth-order valence-corrected chi connectivity index (χ4v) is 2.93. The standard InChI is InChI=1S/C16H13NOS/c1-12-5-7-14(8-6-12)19-17-10-9-15-13(11-18)3-2-4-16(15)17/h2-11H,1H3. The van der Waals surface area contributed by atoms with Crippen LogP contribution >= 0.6 is 11.9 Å². The Morgan fingerprint density at radius 2 is 1.84 bits per heavy atom. The van der Waals surface area contributed by atoms with Crippen LogP contribution in [-0.2, 0) is 0 Å². The second-order valence-corrected chi connectivity index (χ2v) is 5.49. The lowest BCUT2D eigenvalue weighted by Crippen LogP contribution is -1.86. The van der Waals surface area contributed by atoms with Crippen LogP contribution in [-0.4, -0.2) is 10.3 Å². The van der Waals surface area contributed by atoms with Gasteiger partial charge in [-0.15, -0.1) is 0 Å². The van der Waals surface area contributed by atoms with Gasteiger partial charge >= 0.3 is 0 Å². The number of nitrogens with zero attached hydrogens (tertiary/aromatic N) is 1. The Morgan fingerprint density at radius 1 is 1.05 bits per heavy atom. The van der Waals surface area contributed by atoms with Crippen molar-refractivity contribution in [3.8, 4) is 0 Å². The van der Waals surface area contributed by atoms with Gasteiger partial charge in [-0.05, 0) is 43.1 Å². The van der Waals surface area contributed by atoms with E-state index in [1.165, 1.54) is 10.5 Å². The third kappa shape index (κ3) is 2.29. The highest BCUT2D eigenvalue weighted by molar-refractivity contribution is 7.98. The van der Waals surface area contributed by atoms with E-state index in [0.29, 0.717) is 0 Å². The third-order valence-corrected chi connectivity index (χ3v) is 4.08. The molecule has 1 aromatic heterocycles. The number of fused-ring (bicyclic) bond motifs is 1. The summed E-state index contributed by atoms with van der Waals surface area (Å²) >= 11 is 1.65. The van der Waals surface area contributed by atoms with Crippen molar-refractivity contribution in [3.63, 3.8) is 0 Å². The molecule has 0 unspecified atom stereocenters. The van der Waals surface area contributed by atoms with Gasteiger partial charge in [-0.2, -0.15) is 0 Å². The first-order chi connectivity index (χ1) is 9.28. The molecule has 3 rings (SSSR count). The predicted octanol–water partition coefficient (Wildman–Crippen LogP) is 4.32. The van der Waals surface area contributed by atoms with Gasteiger partial charge in [0.1, 0.15) is 0 Å². The SMILES string of the molecule is Cc1ccc(Sn2ccc3c(C=O)cccc32)cc1. The molecule has 0 bridgehead atoms. The summed E-state index contributed by atoms with van der Waals surface area (Å²) in [6.07, 6.45) is 2.91. The number of benzene rings is 2. The van der Waals surface area contributed by atoms with Crippen molar-refractivity contribution in [2.24, 2.45) is 0 Å². The van der Waals surface area contributed by atoms with E-state index in [9.17, 15) is 4.79 Å². The average Bonchev–Trinajstić information content (AvgIpc) is 2.84. The van der Waals surface area contributed by atoms with Crippen molar-refractivity contribution >= 4 is 29.1 Å². The van der Waals surface area contributed by atoms with E-state index in [4.69, 9.17) is 0 Å². The summed E-state index contributed by atoms with van der Waals surface area (Å²) in [6.45, 7) is 2.08. The van der Waals surface area contributed by atoms with Crippen LogP contribution in [0, 0.1) is 6.92 Å². The first-order valence-corrected chi connectivity index (χ1v) is 6.85. The van der Waals surface area contributed by atoms with Crippen LogP contribution in [0.15, 0.2) is 59.6 Å². The van der Waals surface area contributed by atoms with Gasteiger partial charge in [-0.3, -0.25) is 8.77 Å². The second-order valence-electron chi connectivity index (χ2n) is 4.44. The van der Waals surface area contributed by atoms with Crippen LogP contribution in [0.5, 0.6) is 0 Å². The van der Waals surface area contributed by atoms with Gasteiger partial charge in [0.2, 0.25) is 0 Å². The monoisotopic (exact) mass is 267 g/mol. The summed E-state index contributed by atoms with van der Waals surface area (Å²) < 4.78 is 2.09. The van der Waals surface area contributed by atoms with Gasteiger partial charge in [0, 0.05) is 22.0 Å². The van der Waals surface area contributed by atoms with Gasteiger partial charge in [-0.1, -0.05) is 29.8 Å². The highest BCUT2D eigenvalue weighted by Gasteiger charge is 2.06. The van der Waals surface area contributed by atoms with Crippen molar-refractivity contribution < 1.29 is 4.79 Å². The lowest BCUT2D eigenvalue weighted by molar-refractivity contribution is 0.112. The van der Waals surface area contributed by atoms with Gasteiger partial charge in [-0.25, -0.2) is 0 Å². The Bertz CT molecular complexity index is 728. The predicted molar refractivity (Wildman–Crippen MR) is 79.8 cm³/mol. The zero-order chi connectivity index (χ0) is 13.2. The maximum Gasteiger partial charge on any atom is 0.150 e. The lowest BCUT2D eigenvalue weighted by atomic mass is 10.1. The second kappa shape index (κ2) is 4.94. The third-order valence-electron chi connectivity index (χ3n) is 3.08. The highest BCUT2D eigenvalue weighted by atomic mass is 32.2. The minimum atomic E-state index is 0.737. The van der Waals surface area contributed by atoms with Crippen LogP contribution in [0.1, 0.15) is 15.9 Å². The van der Waals surface area contributed by atoms with E-state index in [0.717, 1.165) is 22.8 Å². The number of carbonyl (C=O) groups excluding carboxylic acids is 1. The number of hydrogen-bond acceptors (Lipinski definition) is 2. The molecule has 0 aliphatic carbocycles. The Hall–Kier alpha value is -2.00. The van der Waals surface area contributed by atoms with Gasteiger partial charge in [0.25, 0.3) is 0 Å². The minimum Gasteiger partial charge on any atom is -0.298 e. The maximum absolute atomic E-state index is 11.0. The van der Waals surface area contributed by atoms with Crippen LogP contribution in [0.25, 0.3) is 10.9 Å². The van der Waals surface area contributed by atoms with Gasteiger partial charge in [0.15, 0.2) is 6.29 Å². The highest BCUT2D eigenvalue weighted by Crippen LogP contribution is 2.28. The number of carbonyl (C=O) groups is 1. The molecule has 0 aliphatic rings. The largest absolute Gasteiger partial charge is 0.298 e. The smallest absolute Gasteiger partial charge is 0.150 e. The van der Waals surface area contributed by atoms with Crippen molar-refractivity contribution in [2.45, 2.75) is 11.8 Å². The van der Waals surface area contributed by atoms with E-state index in [-0.39, 0.29) is 0 Å². The molecule has 0 atom stereocenters. The molecule has 3 aromatic rings. The average molecular weight is 267 g/mol. The molecule has 1 heterocycles. The van der Waals surface area contributed by atoms with Crippen molar-refractivity contribution in [2.75, 3.05) is 0 Å². The molecular weight excluding hydrogens is 254 g/mol. The van der Waals surface area contributed by atoms with Crippen LogP contribution in [0.4, 0.5) is 0 Å². The number of aldehydes is 1.